The van der Waals surface area contributed by atoms with Gasteiger partial charge in [0.05, 0.1) is 0 Å². The quantitative estimate of drug-likeness (QED) is 0.248. The zero-order chi connectivity index (χ0) is 29.0. The van der Waals surface area contributed by atoms with Gasteiger partial charge in [0.15, 0.2) is 11.9 Å². The molecule has 41 heavy (non-hydrogen) atoms. The zero-order valence-corrected chi connectivity index (χ0v) is 25.2. The fourth-order valence-electron chi connectivity index (χ4n) is 6.19. The number of benzene rings is 3. The van der Waals surface area contributed by atoms with Gasteiger partial charge in [-0.05, 0) is 80.6 Å². The van der Waals surface area contributed by atoms with Crippen LogP contribution < -0.4 is 15.0 Å². The van der Waals surface area contributed by atoms with E-state index in [4.69, 9.17) is 9.47 Å². The van der Waals surface area contributed by atoms with Crippen molar-refractivity contribution in [3.63, 3.8) is 0 Å². The molecule has 0 aliphatic carbocycles. The zero-order valence-electron chi connectivity index (χ0n) is 25.2. The maximum atomic E-state index is 11.3. The molecular weight excluding hydrogens is 508 g/mol. The number of aliphatic hydroxyl groups excluding tert-OH is 1. The highest BCUT2D eigenvalue weighted by Crippen LogP contribution is 2.59. The van der Waals surface area contributed by atoms with Crippen molar-refractivity contribution in [2.75, 3.05) is 23.3 Å². The summed E-state index contributed by atoms with van der Waals surface area (Å²) in [4.78, 5) is 2.48. The van der Waals surface area contributed by atoms with Gasteiger partial charge in [-0.15, -0.1) is 0 Å². The fraction of sp³-hybridized carbons (Fsp3) is 0.389. The predicted octanol–water partition coefficient (Wildman–Crippen LogP) is 9.13. The lowest BCUT2D eigenvalue weighted by Crippen LogP contribution is -2.35. The van der Waals surface area contributed by atoms with Crippen LogP contribution in [0.15, 0.2) is 84.0 Å². The molecule has 2 aliphatic rings. The number of para-hydroxylation sites is 1. The molecule has 5 rings (SSSR count). The molecule has 2 unspecified atom stereocenters. The van der Waals surface area contributed by atoms with Crippen LogP contribution in [-0.2, 0) is 10.3 Å². The average molecular weight is 553 g/mol. The number of hydrogen-bond acceptors (Lipinski definition) is 5. The number of fused-ring (bicyclic) bond motifs is 4. The SMILES string of the molecule is C/C=C\C1=C(CC)C2(OC1O)c1ccc(N(CCCC)CCCC)cc1Oc1cc(C)c(Nc3ccccc3)cc12. The van der Waals surface area contributed by atoms with Gasteiger partial charge in [0.1, 0.15) is 11.5 Å². The van der Waals surface area contributed by atoms with E-state index in [1.807, 2.05) is 37.3 Å². The number of aryl methyl sites for hydroxylation is 1. The average Bonchev–Trinajstić information content (AvgIpc) is 3.25. The number of unbranched alkanes of at least 4 members (excludes halogenated alkanes) is 2. The van der Waals surface area contributed by atoms with Gasteiger partial charge in [0.25, 0.3) is 0 Å². The molecule has 0 radical (unpaired) electrons. The molecule has 2 N–H and O–H groups in total. The van der Waals surface area contributed by atoms with Gasteiger partial charge in [-0.2, -0.15) is 0 Å². The van der Waals surface area contributed by atoms with Gasteiger partial charge in [0, 0.05) is 52.9 Å². The number of allylic oxidation sites excluding steroid dienone is 1. The van der Waals surface area contributed by atoms with Crippen LogP contribution in [0.1, 0.15) is 76.5 Å². The van der Waals surface area contributed by atoms with E-state index >= 15 is 0 Å². The Morgan fingerprint density at radius 1 is 0.927 bits per heavy atom. The third-order valence-corrected chi connectivity index (χ3v) is 8.28. The Bertz CT molecular complexity index is 1420. The van der Waals surface area contributed by atoms with Crippen LogP contribution in [0.2, 0.25) is 0 Å². The molecule has 5 heteroatoms. The molecule has 2 aliphatic heterocycles. The minimum absolute atomic E-state index is 0.728. The Labute approximate surface area is 245 Å². The van der Waals surface area contributed by atoms with Gasteiger partial charge in [-0.25, -0.2) is 0 Å². The molecule has 2 heterocycles. The first-order valence-corrected chi connectivity index (χ1v) is 15.2. The molecule has 0 fully saturated rings. The van der Waals surface area contributed by atoms with Crippen molar-refractivity contribution in [3.05, 3.63) is 101 Å². The number of nitrogens with zero attached hydrogens (tertiary/aromatic N) is 1. The largest absolute Gasteiger partial charge is 0.456 e. The molecule has 3 aromatic carbocycles. The molecule has 0 saturated heterocycles. The first-order valence-electron chi connectivity index (χ1n) is 15.2. The summed E-state index contributed by atoms with van der Waals surface area (Å²) >= 11 is 0. The van der Waals surface area contributed by atoms with Crippen LogP contribution in [-0.4, -0.2) is 24.5 Å². The van der Waals surface area contributed by atoms with Crippen molar-refractivity contribution >= 4 is 17.1 Å². The lowest BCUT2D eigenvalue weighted by Gasteiger charge is -2.40. The molecule has 0 amide bonds. The molecule has 0 bridgehead atoms. The summed E-state index contributed by atoms with van der Waals surface area (Å²) in [5, 5.41) is 14.9. The minimum atomic E-state index is -1.03. The second-order valence-electron chi connectivity index (χ2n) is 11.1. The van der Waals surface area contributed by atoms with Gasteiger partial charge in [0.2, 0.25) is 0 Å². The van der Waals surface area contributed by atoms with Gasteiger partial charge >= 0.3 is 0 Å². The standard InChI is InChI=1S/C36H44N2O3/c1-6-10-20-38(21-11-7-2)27-18-19-30-34(23-27)40-33-22-25(5)32(37-26-16-13-12-14-17-26)24-31(33)36(30)29(9-4)28(15-8-3)35(39)41-36/h8,12-19,22-24,35,37,39H,6-7,9-11,20-21H2,1-5H3/b15-8-. The number of hydrogen-bond donors (Lipinski definition) is 2. The van der Waals surface area contributed by atoms with E-state index < -0.39 is 11.9 Å². The highest BCUT2D eigenvalue weighted by molar-refractivity contribution is 5.73. The van der Waals surface area contributed by atoms with Crippen LogP contribution in [0.25, 0.3) is 0 Å². The summed E-state index contributed by atoms with van der Waals surface area (Å²) in [5.74, 6) is 1.55. The van der Waals surface area contributed by atoms with Crippen LogP contribution in [0.3, 0.4) is 0 Å². The van der Waals surface area contributed by atoms with Crippen molar-refractivity contribution in [2.45, 2.75) is 78.6 Å². The first kappa shape index (κ1) is 29.0. The lowest BCUT2D eigenvalue weighted by molar-refractivity contribution is -0.118. The van der Waals surface area contributed by atoms with E-state index in [0.717, 1.165) is 102 Å². The number of rotatable bonds is 11. The van der Waals surface area contributed by atoms with Gasteiger partial charge in [-0.3, -0.25) is 0 Å². The van der Waals surface area contributed by atoms with E-state index in [1.54, 1.807) is 0 Å². The summed E-state index contributed by atoms with van der Waals surface area (Å²) in [6.45, 7) is 12.7. The third-order valence-electron chi connectivity index (χ3n) is 8.28. The molecule has 3 aromatic rings. The highest BCUT2D eigenvalue weighted by atomic mass is 16.6. The van der Waals surface area contributed by atoms with E-state index in [-0.39, 0.29) is 0 Å². The molecule has 216 valence electrons. The Morgan fingerprint density at radius 3 is 2.29 bits per heavy atom. The number of ether oxygens (including phenoxy) is 2. The van der Waals surface area contributed by atoms with E-state index in [9.17, 15) is 5.11 Å². The molecule has 5 nitrogen and oxygen atoms in total. The highest BCUT2D eigenvalue weighted by Gasteiger charge is 2.53. The lowest BCUT2D eigenvalue weighted by atomic mass is 9.75. The topological polar surface area (TPSA) is 54.0 Å². The predicted molar refractivity (Wildman–Crippen MR) is 169 cm³/mol. The molecule has 0 saturated carbocycles. The first-order chi connectivity index (χ1) is 20.0. The molecule has 0 aromatic heterocycles. The van der Waals surface area contributed by atoms with Crippen molar-refractivity contribution in [3.8, 4) is 11.5 Å². The minimum Gasteiger partial charge on any atom is -0.456 e. The summed E-state index contributed by atoms with van der Waals surface area (Å²) in [5.41, 5.74) is 7.00. The Kier molecular flexibility index (Phi) is 8.86. The van der Waals surface area contributed by atoms with Crippen LogP contribution in [0, 0.1) is 6.92 Å². The fourth-order valence-corrected chi connectivity index (χ4v) is 6.19. The maximum absolute atomic E-state index is 11.3. The van der Waals surface area contributed by atoms with Crippen LogP contribution >= 0.6 is 0 Å². The van der Waals surface area contributed by atoms with Crippen molar-refractivity contribution in [1.29, 1.82) is 0 Å². The second kappa shape index (κ2) is 12.5. The Hall–Kier alpha value is -3.54. The van der Waals surface area contributed by atoms with Crippen molar-refractivity contribution in [1.82, 2.24) is 0 Å². The maximum Gasteiger partial charge on any atom is 0.183 e. The number of aliphatic hydroxyl groups is 1. The van der Waals surface area contributed by atoms with Crippen LogP contribution in [0.5, 0.6) is 11.5 Å². The number of nitrogens with one attached hydrogen (secondary N) is 1. The summed E-state index contributed by atoms with van der Waals surface area (Å²) in [6, 6.07) is 21.0. The Morgan fingerprint density at radius 2 is 1.63 bits per heavy atom. The smallest absolute Gasteiger partial charge is 0.183 e. The van der Waals surface area contributed by atoms with Crippen LogP contribution in [0.4, 0.5) is 17.1 Å². The molecular formula is C36H44N2O3. The summed E-state index contributed by atoms with van der Waals surface area (Å²) in [6.07, 6.45) is 8.26. The van der Waals surface area contributed by atoms with E-state index in [1.165, 1.54) is 0 Å². The van der Waals surface area contributed by atoms with Crippen molar-refractivity contribution < 1.29 is 14.6 Å². The molecule has 2 atom stereocenters. The molecule has 1 spiro atoms. The normalized spacial score (nSPS) is 19.4. The monoisotopic (exact) mass is 552 g/mol. The van der Waals surface area contributed by atoms with E-state index in [2.05, 4.69) is 80.4 Å². The Balaban J connectivity index is 1.69. The summed E-state index contributed by atoms with van der Waals surface area (Å²) < 4.78 is 13.4. The summed E-state index contributed by atoms with van der Waals surface area (Å²) in [7, 11) is 0. The van der Waals surface area contributed by atoms with E-state index in [0.29, 0.717) is 0 Å². The second-order valence-corrected chi connectivity index (χ2v) is 11.1. The van der Waals surface area contributed by atoms with Gasteiger partial charge in [-0.1, -0.05) is 64.0 Å². The number of anilines is 3. The van der Waals surface area contributed by atoms with Crippen molar-refractivity contribution in [2.24, 2.45) is 0 Å². The third kappa shape index (κ3) is 5.41. The van der Waals surface area contributed by atoms with Gasteiger partial charge < -0.3 is 24.8 Å².